The molecule has 0 aliphatic carbocycles. The summed E-state index contributed by atoms with van der Waals surface area (Å²) in [4.78, 5) is 8.10. The summed E-state index contributed by atoms with van der Waals surface area (Å²) >= 11 is 7.52. The van der Waals surface area contributed by atoms with Gasteiger partial charge in [-0.1, -0.05) is 47.6 Å². The Labute approximate surface area is 203 Å². The van der Waals surface area contributed by atoms with Crippen molar-refractivity contribution in [3.05, 3.63) is 71.7 Å². The molecule has 170 valence electrons. The molecular weight excluding hydrogens is 452 g/mol. The highest BCUT2D eigenvalue weighted by molar-refractivity contribution is 7.98. The van der Waals surface area contributed by atoms with E-state index in [9.17, 15) is 0 Å². The molecule has 1 fully saturated rings. The number of hydrogen-bond donors (Lipinski definition) is 1. The van der Waals surface area contributed by atoms with E-state index in [1.54, 1.807) is 11.8 Å². The molecule has 0 radical (unpaired) electrons. The van der Waals surface area contributed by atoms with Gasteiger partial charge in [-0.25, -0.2) is 0 Å². The lowest BCUT2D eigenvalue weighted by atomic mass is 9.94. The van der Waals surface area contributed by atoms with E-state index in [0.717, 1.165) is 41.8 Å². The highest BCUT2D eigenvalue weighted by Gasteiger charge is 2.35. The first-order chi connectivity index (χ1) is 16.1. The number of nitrogens with zero attached hydrogens (tertiary/aromatic N) is 3. The van der Waals surface area contributed by atoms with Crippen LogP contribution >= 0.6 is 24.0 Å². The molecule has 33 heavy (non-hydrogen) atoms. The molecule has 6 nitrogen and oxygen atoms in total. The fraction of sp³-hybridized carbons (Fsp3) is 0.320. The zero-order chi connectivity index (χ0) is 22.8. The molecule has 3 heterocycles. The topological polar surface area (TPSA) is 63.4 Å². The first kappa shape index (κ1) is 22.1. The number of rotatable bonds is 6. The zero-order valence-electron chi connectivity index (χ0n) is 18.7. The third kappa shape index (κ3) is 4.55. The Hall–Kier alpha value is -2.68. The van der Waals surface area contributed by atoms with Crippen molar-refractivity contribution in [1.82, 2.24) is 20.4 Å². The Balaban J connectivity index is 1.56. The van der Waals surface area contributed by atoms with E-state index in [-0.39, 0.29) is 12.1 Å². The molecule has 2 unspecified atom stereocenters. The molecule has 0 saturated carbocycles. The Morgan fingerprint density at radius 1 is 1.15 bits per heavy atom. The Kier molecular flexibility index (Phi) is 6.48. The van der Waals surface area contributed by atoms with Gasteiger partial charge < -0.3 is 19.5 Å². The van der Waals surface area contributed by atoms with Crippen LogP contribution in [0.25, 0.3) is 17.0 Å². The van der Waals surface area contributed by atoms with Crippen molar-refractivity contribution in [2.75, 3.05) is 19.4 Å². The second kappa shape index (κ2) is 9.67. The van der Waals surface area contributed by atoms with Crippen LogP contribution < -0.4 is 5.32 Å². The molecule has 0 bridgehead atoms. The number of allylic oxidation sites excluding steroid dienone is 1. The second-order valence-corrected chi connectivity index (χ2v) is 9.46. The predicted octanol–water partition coefficient (Wildman–Crippen LogP) is 5.30. The Morgan fingerprint density at radius 2 is 1.94 bits per heavy atom. The third-order valence-electron chi connectivity index (χ3n) is 6.14. The van der Waals surface area contributed by atoms with E-state index >= 15 is 0 Å². The summed E-state index contributed by atoms with van der Waals surface area (Å²) in [7, 11) is 0. The quantitative estimate of drug-likeness (QED) is 0.378. The van der Waals surface area contributed by atoms with Gasteiger partial charge in [-0.2, -0.15) is 4.98 Å². The van der Waals surface area contributed by atoms with Crippen LogP contribution in [-0.2, 0) is 4.74 Å². The van der Waals surface area contributed by atoms with E-state index in [2.05, 4.69) is 52.8 Å². The van der Waals surface area contributed by atoms with Crippen molar-refractivity contribution in [2.45, 2.75) is 36.8 Å². The number of benzene rings is 2. The largest absolute Gasteiger partial charge is 0.376 e. The lowest BCUT2D eigenvalue weighted by Gasteiger charge is -2.38. The number of nitrogens with one attached hydrogen (secondary N) is 1. The third-order valence-corrected chi connectivity index (χ3v) is 7.23. The molecule has 0 spiro atoms. The fourth-order valence-electron chi connectivity index (χ4n) is 4.35. The van der Waals surface area contributed by atoms with Gasteiger partial charge in [0.25, 0.3) is 5.89 Å². The number of aromatic nitrogens is 2. The van der Waals surface area contributed by atoms with Gasteiger partial charge in [-0.15, -0.1) is 11.8 Å². The van der Waals surface area contributed by atoms with Crippen molar-refractivity contribution < 1.29 is 9.26 Å². The van der Waals surface area contributed by atoms with Gasteiger partial charge >= 0.3 is 0 Å². The van der Waals surface area contributed by atoms with Crippen LogP contribution in [0.5, 0.6) is 0 Å². The smallest absolute Gasteiger partial charge is 0.258 e. The van der Waals surface area contributed by atoms with E-state index in [1.165, 1.54) is 4.90 Å². The minimum absolute atomic E-state index is 0.168. The fourth-order valence-corrected chi connectivity index (χ4v) is 5.09. The number of hydrogen-bond acceptors (Lipinski definition) is 6. The van der Waals surface area contributed by atoms with Gasteiger partial charge in [-0.05, 0) is 55.9 Å². The molecular formula is C25H26N4O2S2. The monoisotopic (exact) mass is 478 g/mol. The maximum Gasteiger partial charge on any atom is 0.258 e. The minimum Gasteiger partial charge on any atom is -0.376 e. The second-order valence-electron chi connectivity index (χ2n) is 8.19. The summed E-state index contributed by atoms with van der Waals surface area (Å²) in [5.74, 6) is 1.07. The molecule has 1 aromatic heterocycles. The number of ether oxygens (including phenoxy) is 1. The lowest BCUT2D eigenvalue weighted by molar-refractivity contribution is 0.0962. The van der Waals surface area contributed by atoms with E-state index < -0.39 is 0 Å². The van der Waals surface area contributed by atoms with Crippen molar-refractivity contribution in [1.29, 1.82) is 0 Å². The summed E-state index contributed by atoms with van der Waals surface area (Å²) in [5, 5.41) is 8.49. The first-order valence-corrected chi connectivity index (χ1v) is 12.7. The van der Waals surface area contributed by atoms with Gasteiger partial charge in [0, 0.05) is 22.8 Å². The number of thiocarbonyl (C=S) groups is 1. The van der Waals surface area contributed by atoms with Crippen molar-refractivity contribution >= 4 is 34.7 Å². The molecule has 2 aromatic carbocycles. The van der Waals surface area contributed by atoms with Crippen molar-refractivity contribution in [3.8, 4) is 11.4 Å². The standard InChI is InChI=1S/C25H26N4O2S2/c1-16-21(24-27-23(28-31-24)18-7-4-3-5-8-18)22(17-10-12-20(33-2)13-11-17)26-25(32)29(16)15-19-9-6-14-30-19/h3-5,7-8,10-13,19,22H,6,9,14-15H2,1-2H3,(H,26,32). The van der Waals surface area contributed by atoms with Crippen LogP contribution in [0.15, 0.2) is 69.7 Å². The molecule has 8 heteroatoms. The first-order valence-electron chi connectivity index (χ1n) is 11.1. The van der Waals surface area contributed by atoms with Crippen LogP contribution in [0.3, 0.4) is 0 Å². The molecule has 1 N–H and O–H groups in total. The Bertz CT molecular complexity index is 1150. The van der Waals surface area contributed by atoms with E-state index in [1.807, 2.05) is 30.3 Å². The molecule has 2 aliphatic rings. The molecule has 2 atom stereocenters. The summed E-state index contributed by atoms with van der Waals surface area (Å²) in [6.45, 7) is 3.59. The maximum atomic E-state index is 5.89. The van der Waals surface area contributed by atoms with Gasteiger partial charge in [0.1, 0.15) is 0 Å². The van der Waals surface area contributed by atoms with Crippen LogP contribution in [0.4, 0.5) is 0 Å². The normalized spacial score (nSPS) is 20.9. The molecule has 5 rings (SSSR count). The SMILES string of the molecule is CSc1ccc(C2NC(=S)N(CC3CCCO3)C(C)=C2c2nc(-c3ccccc3)no2)cc1. The molecule has 2 aliphatic heterocycles. The van der Waals surface area contributed by atoms with E-state index in [4.69, 9.17) is 26.5 Å². The summed E-state index contributed by atoms with van der Waals surface area (Å²) in [6, 6.07) is 18.2. The summed E-state index contributed by atoms with van der Waals surface area (Å²) < 4.78 is 11.7. The molecule has 0 amide bonds. The average molecular weight is 479 g/mol. The Morgan fingerprint density at radius 3 is 2.64 bits per heavy atom. The molecule has 3 aromatic rings. The highest BCUT2D eigenvalue weighted by Crippen LogP contribution is 2.38. The highest BCUT2D eigenvalue weighted by atomic mass is 32.2. The van der Waals surface area contributed by atoms with E-state index in [0.29, 0.717) is 23.4 Å². The van der Waals surface area contributed by atoms with Gasteiger partial charge in [0.05, 0.1) is 24.3 Å². The van der Waals surface area contributed by atoms with Crippen molar-refractivity contribution in [3.63, 3.8) is 0 Å². The van der Waals surface area contributed by atoms with Gasteiger partial charge in [0.2, 0.25) is 5.82 Å². The molecule has 1 saturated heterocycles. The summed E-state index contributed by atoms with van der Waals surface area (Å²) in [6.07, 6.45) is 4.37. The van der Waals surface area contributed by atoms with Crippen LogP contribution in [0.1, 0.15) is 37.3 Å². The van der Waals surface area contributed by atoms with Crippen LogP contribution in [0.2, 0.25) is 0 Å². The van der Waals surface area contributed by atoms with Crippen molar-refractivity contribution in [2.24, 2.45) is 0 Å². The predicted molar refractivity (Wildman–Crippen MR) is 135 cm³/mol. The minimum atomic E-state index is -0.182. The average Bonchev–Trinajstić information content (AvgIpc) is 3.54. The number of thioether (sulfide) groups is 1. The summed E-state index contributed by atoms with van der Waals surface area (Å²) in [5.41, 5.74) is 3.97. The van der Waals surface area contributed by atoms with Crippen LogP contribution in [-0.4, -0.2) is 45.7 Å². The zero-order valence-corrected chi connectivity index (χ0v) is 20.3. The van der Waals surface area contributed by atoms with Crippen LogP contribution in [0, 0.1) is 0 Å². The van der Waals surface area contributed by atoms with Gasteiger partial charge in [-0.3, -0.25) is 0 Å². The lowest BCUT2D eigenvalue weighted by Crippen LogP contribution is -2.48. The maximum absolute atomic E-state index is 5.89. The van der Waals surface area contributed by atoms with Gasteiger partial charge in [0.15, 0.2) is 5.11 Å².